The maximum Gasteiger partial charge on any atom is 0.00508 e. The first-order valence-corrected chi connectivity index (χ1v) is 7.18. The highest BCUT2D eigenvalue weighted by molar-refractivity contribution is 5.04. The lowest BCUT2D eigenvalue weighted by molar-refractivity contribution is -0.108. The molecule has 2 heterocycles. The second-order valence-electron chi connectivity index (χ2n) is 6.57. The van der Waals surface area contributed by atoms with E-state index >= 15 is 0 Å². The van der Waals surface area contributed by atoms with Crippen LogP contribution in [-0.2, 0) is 0 Å². The summed E-state index contributed by atoms with van der Waals surface area (Å²) in [7, 11) is 0. The van der Waals surface area contributed by atoms with Crippen LogP contribution in [0, 0.1) is 17.3 Å². The third-order valence-corrected chi connectivity index (χ3v) is 5.14. The van der Waals surface area contributed by atoms with Crippen LogP contribution in [0.3, 0.4) is 0 Å². The van der Waals surface area contributed by atoms with Gasteiger partial charge < -0.3 is 9.80 Å². The van der Waals surface area contributed by atoms with Crippen molar-refractivity contribution in [1.29, 1.82) is 0 Å². The Kier molecular flexibility index (Phi) is 2.75. The maximum atomic E-state index is 2.71. The van der Waals surface area contributed by atoms with E-state index in [0.717, 1.165) is 17.3 Å². The summed E-state index contributed by atoms with van der Waals surface area (Å²) in [6, 6.07) is 0. The highest BCUT2D eigenvalue weighted by Crippen LogP contribution is 2.53. The molecule has 92 valence electrons. The fourth-order valence-corrected chi connectivity index (χ4v) is 4.16. The van der Waals surface area contributed by atoms with Crippen LogP contribution in [0.5, 0.6) is 0 Å². The summed E-state index contributed by atoms with van der Waals surface area (Å²) in [6.07, 6.45) is 4.48. The molecule has 3 fully saturated rings. The lowest BCUT2D eigenvalue weighted by Gasteiger charge is -2.60. The first kappa shape index (κ1) is 11.0. The Hall–Kier alpha value is -0.0800. The predicted octanol–water partition coefficient (Wildman–Crippen LogP) is 2.06. The molecule has 1 aliphatic carbocycles. The number of hydrogen-bond acceptors (Lipinski definition) is 2. The van der Waals surface area contributed by atoms with Gasteiger partial charge in [0, 0.05) is 32.7 Å². The molecule has 3 aliphatic rings. The topological polar surface area (TPSA) is 6.48 Å². The van der Waals surface area contributed by atoms with Crippen LogP contribution in [-0.4, -0.2) is 49.1 Å². The summed E-state index contributed by atoms with van der Waals surface area (Å²) in [5.41, 5.74) is 0.800. The Balaban J connectivity index is 1.33. The van der Waals surface area contributed by atoms with Gasteiger partial charge in [-0.25, -0.2) is 0 Å². The van der Waals surface area contributed by atoms with Crippen molar-refractivity contribution in [1.82, 2.24) is 9.80 Å². The van der Waals surface area contributed by atoms with Crippen LogP contribution >= 0.6 is 0 Å². The van der Waals surface area contributed by atoms with Gasteiger partial charge in [0.2, 0.25) is 0 Å². The van der Waals surface area contributed by atoms with Gasteiger partial charge in [-0.1, -0.05) is 20.3 Å². The fraction of sp³-hybridized carbons (Fsp3) is 1.00. The van der Waals surface area contributed by atoms with E-state index in [1.807, 2.05) is 0 Å². The zero-order valence-electron chi connectivity index (χ0n) is 10.9. The van der Waals surface area contributed by atoms with E-state index in [-0.39, 0.29) is 0 Å². The highest BCUT2D eigenvalue weighted by Gasteiger charge is 2.51. The zero-order chi connectivity index (χ0) is 11.2. The second-order valence-corrected chi connectivity index (χ2v) is 6.57. The molecular weight excluding hydrogens is 196 g/mol. The molecule has 2 heteroatoms. The molecule has 1 spiro atoms. The molecule has 1 saturated carbocycles. The summed E-state index contributed by atoms with van der Waals surface area (Å²) in [5.74, 6) is 2.06. The fourth-order valence-electron chi connectivity index (χ4n) is 4.16. The summed E-state index contributed by atoms with van der Waals surface area (Å²) in [4.78, 5) is 5.26. The predicted molar refractivity (Wildman–Crippen MR) is 67.5 cm³/mol. The Morgan fingerprint density at radius 1 is 1.00 bits per heavy atom. The molecule has 0 unspecified atom stereocenters. The molecular formula is C14H26N2. The molecule has 2 saturated heterocycles. The van der Waals surface area contributed by atoms with E-state index in [1.54, 1.807) is 0 Å². The molecule has 0 atom stereocenters. The molecule has 2 aliphatic heterocycles. The van der Waals surface area contributed by atoms with Crippen molar-refractivity contribution in [2.24, 2.45) is 17.3 Å². The van der Waals surface area contributed by atoms with Gasteiger partial charge in [0.1, 0.15) is 0 Å². The summed E-state index contributed by atoms with van der Waals surface area (Å²) in [5, 5.41) is 0. The molecule has 0 radical (unpaired) electrons. The van der Waals surface area contributed by atoms with Crippen LogP contribution in [0.4, 0.5) is 0 Å². The quantitative estimate of drug-likeness (QED) is 0.718. The van der Waals surface area contributed by atoms with E-state index in [0.29, 0.717) is 0 Å². The number of rotatable bonds is 4. The summed E-state index contributed by atoms with van der Waals surface area (Å²) < 4.78 is 0. The summed E-state index contributed by atoms with van der Waals surface area (Å²) in [6.45, 7) is 12.8. The van der Waals surface area contributed by atoms with Crippen LogP contribution in [0.2, 0.25) is 0 Å². The lowest BCUT2D eigenvalue weighted by Crippen LogP contribution is -2.64. The van der Waals surface area contributed by atoms with E-state index in [1.165, 1.54) is 58.5 Å². The monoisotopic (exact) mass is 222 g/mol. The molecule has 0 aromatic carbocycles. The van der Waals surface area contributed by atoms with Crippen molar-refractivity contribution in [2.45, 2.75) is 33.1 Å². The van der Waals surface area contributed by atoms with Gasteiger partial charge in [0.05, 0.1) is 0 Å². The van der Waals surface area contributed by atoms with E-state index in [9.17, 15) is 0 Å². The van der Waals surface area contributed by atoms with Gasteiger partial charge >= 0.3 is 0 Å². The third kappa shape index (κ3) is 1.80. The average Bonchev–Trinajstić information content (AvgIpc) is 2.10. The largest absolute Gasteiger partial charge is 0.303 e. The Labute approximate surface area is 100.0 Å². The standard InChI is InChI=1S/C14H26N2/c1-3-12-5-14(6-12)10-16(11-14)9-13-7-15(4-2)8-13/h12-13H,3-11H2,1-2H3. The van der Waals surface area contributed by atoms with Crippen LogP contribution in [0.1, 0.15) is 33.1 Å². The minimum Gasteiger partial charge on any atom is -0.303 e. The van der Waals surface area contributed by atoms with Crippen LogP contribution < -0.4 is 0 Å². The lowest BCUT2D eigenvalue weighted by atomic mass is 9.57. The van der Waals surface area contributed by atoms with Crippen molar-refractivity contribution < 1.29 is 0 Å². The van der Waals surface area contributed by atoms with E-state index in [2.05, 4.69) is 23.6 Å². The van der Waals surface area contributed by atoms with Crippen molar-refractivity contribution in [3.63, 3.8) is 0 Å². The first-order valence-electron chi connectivity index (χ1n) is 7.18. The molecule has 0 aromatic heterocycles. The van der Waals surface area contributed by atoms with Crippen molar-refractivity contribution in [2.75, 3.05) is 39.3 Å². The molecule has 0 N–H and O–H groups in total. The van der Waals surface area contributed by atoms with Gasteiger partial charge in [0.15, 0.2) is 0 Å². The normalized spacial score (nSPS) is 31.1. The zero-order valence-corrected chi connectivity index (χ0v) is 10.9. The van der Waals surface area contributed by atoms with Crippen molar-refractivity contribution in [3.05, 3.63) is 0 Å². The highest BCUT2D eigenvalue weighted by atomic mass is 15.3. The van der Waals surface area contributed by atoms with Crippen LogP contribution in [0.15, 0.2) is 0 Å². The Bertz CT molecular complexity index is 241. The SMILES string of the molecule is CCC1CC2(C1)CN(CC1CN(CC)C1)C2. The Morgan fingerprint density at radius 3 is 2.25 bits per heavy atom. The molecule has 3 rings (SSSR count). The van der Waals surface area contributed by atoms with Gasteiger partial charge in [-0.2, -0.15) is 0 Å². The van der Waals surface area contributed by atoms with Gasteiger partial charge in [-0.15, -0.1) is 0 Å². The molecule has 0 bridgehead atoms. The third-order valence-electron chi connectivity index (χ3n) is 5.14. The minimum atomic E-state index is 0.800. The van der Waals surface area contributed by atoms with Gasteiger partial charge in [-0.3, -0.25) is 0 Å². The average molecular weight is 222 g/mol. The second kappa shape index (κ2) is 3.99. The smallest absolute Gasteiger partial charge is 0.00508 e. The van der Waals surface area contributed by atoms with Gasteiger partial charge in [0.25, 0.3) is 0 Å². The number of likely N-dealkylation sites (tertiary alicyclic amines) is 2. The van der Waals surface area contributed by atoms with E-state index < -0.39 is 0 Å². The van der Waals surface area contributed by atoms with Crippen molar-refractivity contribution >= 4 is 0 Å². The van der Waals surface area contributed by atoms with Crippen LogP contribution in [0.25, 0.3) is 0 Å². The number of hydrogen-bond donors (Lipinski definition) is 0. The van der Waals surface area contributed by atoms with Gasteiger partial charge in [-0.05, 0) is 36.6 Å². The molecule has 2 nitrogen and oxygen atoms in total. The molecule has 0 amide bonds. The van der Waals surface area contributed by atoms with Crippen molar-refractivity contribution in [3.8, 4) is 0 Å². The Morgan fingerprint density at radius 2 is 1.69 bits per heavy atom. The number of nitrogens with zero attached hydrogens (tertiary/aromatic N) is 2. The maximum absolute atomic E-state index is 2.71. The minimum absolute atomic E-state index is 0.800. The summed E-state index contributed by atoms with van der Waals surface area (Å²) >= 11 is 0. The molecule has 16 heavy (non-hydrogen) atoms. The van der Waals surface area contributed by atoms with E-state index in [4.69, 9.17) is 0 Å². The molecule has 0 aromatic rings. The first-order chi connectivity index (χ1) is 7.73.